The Bertz CT molecular complexity index is 632. The van der Waals surface area contributed by atoms with Crippen molar-refractivity contribution in [2.45, 2.75) is 10.6 Å². The Hall–Kier alpha value is -1.37. The molecule has 1 heterocycles. The van der Waals surface area contributed by atoms with Crippen LogP contribution < -0.4 is 9.62 Å². The van der Waals surface area contributed by atoms with E-state index in [0.29, 0.717) is 17.2 Å². The number of hydrogen-bond donors (Lipinski definition) is 1. The van der Waals surface area contributed by atoms with Crippen LogP contribution in [0.25, 0.3) is 0 Å². The van der Waals surface area contributed by atoms with Crippen molar-refractivity contribution in [3.63, 3.8) is 0 Å². The van der Waals surface area contributed by atoms with Gasteiger partial charge in [0.15, 0.2) is 0 Å². The molecule has 4 nitrogen and oxygen atoms in total. The average Bonchev–Trinajstić information content (AvgIpc) is 2.94. The van der Waals surface area contributed by atoms with Gasteiger partial charge in [0, 0.05) is 26.3 Å². The molecule has 0 atom stereocenters. The lowest BCUT2D eigenvalue weighted by Gasteiger charge is -2.12. The summed E-state index contributed by atoms with van der Waals surface area (Å²) in [6, 6.07) is 11.5. The van der Waals surface area contributed by atoms with Crippen molar-refractivity contribution >= 4 is 27.0 Å². The summed E-state index contributed by atoms with van der Waals surface area (Å²) in [5, 5.41) is 1.76. The van der Waals surface area contributed by atoms with Gasteiger partial charge in [0.25, 0.3) is 0 Å². The van der Waals surface area contributed by atoms with Crippen molar-refractivity contribution in [3.05, 3.63) is 47.3 Å². The second-order valence-electron chi connectivity index (χ2n) is 4.64. The van der Waals surface area contributed by atoms with Crippen LogP contribution in [0, 0.1) is 0 Å². The lowest BCUT2D eigenvalue weighted by atomic mass is 10.1. The summed E-state index contributed by atoms with van der Waals surface area (Å²) in [6.07, 6.45) is 0.679. The van der Waals surface area contributed by atoms with Crippen molar-refractivity contribution in [2.75, 3.05) is 25.5 Å². The monoisotopic (exact) mass is 310 g/mol. The molecule has 0 bridgehead atoms. The fourth-order valence-electron chi connectivity index (χ4n) is 1.78. The number of thiophene rings is 1. The highest BCUT2D eigenvalue weighted by molar-refractivity contribution is 7.91. The predicted molar refractivity (Wildman–Crippen MR) is 84.0 cm³/mol. The smallest absolute Gasteiger partial charge is 0.250 e. The maximum Gasteiger partial charge on any atom is 0.250 e. The van der Waals surface area contributed by atoms with Gasteiger partial charge in [-0.2, -0.15) is 0 Å². The molecule has 0 spiro atoms. The predicted octanol–water partition coefficient (Wildman–Crippen LogP) is 2.34. The van der Waals surface area contributed by atoms with E-state index < -0.39 is 10.0 Å². The molecule has 1 aromatic heterocycles. The Morgan fingerprint density at radius 3 is 2.40 bits per heavy atom. The molecular weight excluding hydrogens is 292 g/mol. The zero-order chi connectivity index (χ0) is 14.6. The Morgan fingerprint density at radius 2 is 1.85 bits per heavy atom. The number of benzene rings is 1. The van der Waals surface area contributed by atoms with E-state index in [1.54, 1.807) is 17.5 Å². The first-order chi connectivity index (χ1) is 9.49. The van der Waals surface area contributed by atoms with Crippen LogP contribution in [0.15, 0.2) is 46.0 Å². The molecule has 0 saturated heterocycles. The molecule has 1 aromatic carbocycles. The summed E-state index contributed by atoms with van der Waals surface area (Å²) in [5.74, 6) is 0. The number of rotatable bonds is 6. The molecule has 0 fully saturated rings. The van der Waals surface area contributed by atoms with Crippen LogP contribution in [0.3, 0.4) is 0 Å². The van der Waals surface area contributed by atoms with Crippen molar-refractivity contribution in [1.82, 2.24) is 4.72 Å². The van der Waals surface area contributed by atoms with E-state index in [0.717, 1.165) is 11.3 Å². The van der Waals surface area contributed by atoms with Gasteiger partial charge in [-0.1, -0.05) is 18.2 Å². The van der Waals surface area contributed by atoms with Crippen molar-refractivity contribution in [2.24, 2.45) is 0 Å². The van der Waals surface area contributed by atoms with Gasteiger partial charge in [-0.3, -0.25) is 0 Å². The van der Waals surface area contributed by atoms with Gasteiger partial charge < -0.3 is 4.90 Å². The van der Waals surface area contributed by atoms with Gasteiger partial charge in [0.05, 0.1) is 0 Å². The van der Waals surface area contributed by atoms with E-state index in [9.17, 15) is 8.42 Å². The Labute approximate surface area is 124 Å². The van der Waals surface area contributed by atoms with Crippen LogP contribution >= 0.6 is 11.3 Å². The Morgan fingerprint density at radius 1 is 1.15 bits per heavy atom. The fraction of sp³-hybridized carbons (Fsp3) is 0.286. The standard InChI is InChI=1S/C14H18N2O2S2/c1-16(2)13-7-5-12(6-8-13)9-10-15-20(17,18)14-4-3-11-19-14/h3-8,11,15H,9-10H2,1-2H3. The SMILES string of the molecule is CN(C)c1ccc(CCNS(=O)(=O)c2cccs2)cc1. The molecule has 6 heteroatoms. The molecule has 0 amide bonds. The van der Waals surface area contributed by atoms with E-state index in [1.807, 2.05) is 43.3 Å². The zero-order valence-corrected chi connectivity index (χ0v) is 13.2. The Balaban J connectivity index is 1.90. The minimum absolute atomic E-state index is 0.362. The van der Waals surface area contributed by atoms with Gasteiger partial charge in [0.1, 0.15) is 4.21 Å². The Kier molecular flexibility index (Phi) is 4.80. The number of sulfonamides is 1. The van der Waals surface area contributed by atoms with Gasteiger partial charge in [-0.25, -0.2) is 13.1 Å². The molecule has 20 heavy (non-hydrogen) atoms. The summed E-state index contributed by atoms with van der Waals surface area (Å²) in [6.45, 7) is 0.404. The summed E-state index contributed by atoms with van der Waals surface area (Å²) in [4.78, 5) is 2.03. The first kappa shape index (κ1) is 15.0. The molecule has 1 N–H and O–H groups in total. The normalized spacial score (nSPS) is 11.5. The molecule has 0 aliphatic heterocycles. The summed E-state index contributed by atoms with van der Waals surface area (Å²) < 4.78 is 26.8. The van der Waals surface area contributed by atoms with Crippen molar-refractivity contribution < 1.29 is 8.42 Å². The van der Waals surface area contributed by atoms with Crippen LogP contribution in [0.2, 0.25) is 0 Å². The molecule has 2 aromatic rings. The van der Waals surface area contributed by atoms with Gasteiger partial charge in [0.2, 0.25) is 10.0 Å². The molecule has 0 radical (unpaired) electrons. The summed E-state index contributed by atoms with van der Waals surface area (Å²) >= 11 is 1.23. The number of nitrogens with zero attached hydrogens (tertiary/aromatic N) is 1. The molecule has 0 unspecified atom stereocenters. The molecule has 0 saturated carbocycles. The molecule has 2 rings (SSSR count). The minimum Gasteiger partial charge on any atom is -0.378 e. The number of nitrogens with one attached hydrogen (secondary N) is 1. The maximum atomic E-state index is 11.9. The molecular formula is C14H18N2O2S2. The molecule has 0 aliphatic rings. The van der Waals surface area contributed by atoms with Crippen LogP contribution in [0.5, 0.6) is 0 Å². The van der Waals surface area contributed by atoms with Gasteiger partial charge in [-0.05, 0) is 35.6 Å². The van der Waals surface area contributed by atoms with E-state index in [2.05, 4.69) is 4.72 Å². The molecule has 0 aliphatic carbocycles. The first-order valence-corrected chi connectivity index (χ1v) is 8.65. The quantitative estimate of drug-likeness (QED) is 0.891. The van der Waals surface area contributed by atoms with Gasteiger partial charge >= 0.3 is 0 Å². The number of hydrogen-bond acceptors (Lipinski definition) is 4. The summed E-state index contributed by atoms with van der Waals surface area (Å²) in [7, 11) is 0.632. The van der Waals surface area contributed by atoms with E-state index in [-0.39, 0.29) is 0 Å². The second-order valence-corrected chi connectivity index (χ2v) is 7.58. The third kappa shape index (κ3) is 3.82. The highest BCUT2D eigenvalue weighted by atomic mass is 32.2. The van der Waals surface area contributed by atoms with Crippen molar-refractivity contribution in [1.29, 1.82) is 0 Å². The second kappa shape index (κ2) is 6.39. The number of anilines is 1. The van der Waals surface area contributed by atoms with Crippen LogP contribution in [0.1, 0.15) is 5.56 Å². The van der Waals surface area contributed by atoms with Crippen LogP contribution in [0.4, 0.5) is 5.69 Å². The van der Waals surface area contributed by atoms with Gasteiger partial charge in [-0.15, -0.1) is 11.3 Å². The minimum atomic E-state index is -3.35. The van der Waals surface area contributed by atoms with E-state index in [4.69, 9.17) is 0 Å². The van der Waals surface area contributed by atoms with Crippen molar-refractivity contribution in [3.8, 4) is 0 Å². The largest absolute Gasteiger partial charge is 0.378 e. The third-order valence-corrected chi connectivity index (χ3v) is 5.78. The first-order valence-electron chi connectivity index (χ1n) is 6.28. The topological polar surface area (TPSA) is 49.4 Å². The lowest BCUT2D eigenvalue weighted by Crippen LogP contribution is -2.25. The van der Waals surface area contributed by atoms with E-state index >= 15 is 0 Å². The summed E-state index contributed by atoms with van der Waals surface area (Å²) in [5.41, 5.74) is 2.25. The highest BCUT2D eigenvalue weighted by Gasteiger charge is 2.13. The highest BCUT2D eigenvalue weighted by Crippen LogP contribution is 2.16. The zero-order valence-electron chi connectivity index (χ0n) is 11.5. The van der Waals surface area contributed by atoms with Crippen LogP contribution in [-0.2, 0) is 16.4 Å². The average molecular weight is 310 g/mol. The maximum absolute atomic E-state index is 11.9. The lowest BCUT2D eigenvalue weighted by molar-refractivity contribution is 0.584. The van der Waals surface area contributed by atoms with E-state index in [1.165, 1.54) is 11.3 Å². The fourth-order valence-corrected chi connectivity index (χ4v) is 3.85. The third-order valence-electron chi connectivity index (χ3n) is 2.92. The molecule has 108 valence electrons. The van der Waals surface area contributed by atoms with Crippen LogP contribution in [-0.4, -0.2) is 29.1 Å².